The zero-order chi connectivity index (χ0) is 25.5. The van der Waals surface area contributed by atoms with E-state index in [2.05, 4.69) is 92.5 Å². The Morgan fingerprint density at radius 2 is 0.842 bits per heavy atom. The highest BCUT2D eigenvalue weighted by Gasteiger charge is 2.41. The summed E-state index contributed by atoms with van der Waals surface area (Å²) in [7, 11) is 0. The van der Waals surface area contributed by atoms with Crippen molar-refractivity contribution in [3.63, 3.8) is 0 Å². The second-order valence-corrected chi connectivity index (χ2v) is 11.5. The normalized spacial score (nSPS) is 14.4. The molecule has 0 radical (unpaired) electrons. The molecule has 0 aromatic heterocycles. The van der Waals surface area contributed by atoms with Crippen molar-refractivity contribution in [3.05, 3.63) is 140 Å². The first-order valence-corrected chi connectivity index (χ1v) is 14.1. The van der Waals surface area contributed by atoms with E-state index in [-0.39, 0.29) is 5.78 Å². The van der Waals surface area contributed by atoms with Gasteiger partial charge in [-0.05, 0) is 67.7 Å². The summed E-state index contributed by atoms with van der Waals surface area (Å²) in [6.07, 6.45) is 0. The molecule has 3 heteroatoms. The van der Waals surface area contributed by atoms with Crippen molar-refractivity contribution in [1.29, 1.82) is 0 Å². The number of carbonyl (C=O) groups is 1. The molecular formula is C35H18Br2O. The molecule has 8 rings (SSSR count). The van der Waals surface area contributed by atoms with Crippen molar-refractivity contribution >= 4 is 92.3 Å². The molecule has 0 N–H and O–H groups in total. The Morgan fingerprint density at radius 3 is 1.32 bits per heavy atom. The minimum Gasteiger partial charge on any atom is -0.289 e. The summed E-state index contributed by atoms with van der Waals surface area (Å²) in [5, 5.41) is 7.32. The number of halogens is 2. The first-order chi connectivity index (χ1) is 18.6. The van der Waals surface area contributed by atoms with Gasteiger partial charge in [-0.15, -0.1) is 0 Å². The number of hydrogen-bond acceptors (Lipinski definition) is 1. The lowest BCUT2D eigenvalue weighted by atomic mass is 9.89. The number of benzene rings is 6. The molecule has 2 aliphatic carbocycles. The van der Waals surface area contributed by atoms with Gasteiger partial charge in [-0.3, -0.25) is 4.79 Å². The molecule has 6 aromatic rings. The van der Waals surface area contributed by atoms with Gasteiger partial charge in [-0.2, -0.15) is 0 Å². The maximum Gasteiger partial charge on any atom is 0.195 e. The van der Waals surface area contributed by atoms with Gasteiger partial charge in [-0.1, -0.05) is 117 Å². The highest BCUT2D eigenvalue weighted by atomic mass is 79.9. The van der Waals surface area contributed by atoms with E-state index in [0.29, 0.717) is 0 Å². The molecule has 0 fully saturated rings. The van der Waals surface area contributed by atoms with Gasteiger partial charge >= 0.3 is 0 Å². The summed E-state index contributed by atoms with van der Waals surface area (Å²) >= 11 is 7.51. The lowest BCUT2D eigenvalue weighted by Crippen LogP contribution is -2.04. The zero-order valence-corrected chi connectivity index (χ0v) is 23.2. The zero-order valence-electron chi connectivity index (χ0n) is 20.1. The Labute approximate surface area is 236 Å². The van der Waals surface area contributed by atoms with Gasteiger partial charge in [-0.25, -0.2) is 0 Å². The lowest BCUT2D eigenvalue weighted by Gasteiger charge is -2.14. The number of allylic oxidation sites excluding steroid dienone is 4. The van der Waals surface area contributed by atoms with E-state index in [1.54, 1.807) is 0 Å². The molecule has 178 valence electrons. The molecule has 0 amide bonds. The SMILES string of the molecule is O=C1C(c2ccccc2Br)=C2C(=C1c1ccccc1Br)c1cc3ccccc3c3c1c2cc1ccccc13. The predicted octanol–water partition coefficient (Wildman–Crippen LogP) is 10.1. The topological polar surface area (TPSA) is 17.1 Å². The largest absolute Gasteiger partial charge is 0.289 e. The fourth-order valence-electron chi connectivity index (χ4n) is 6.36. The number of carbonyl (C=O) groups excluding carboxylic acids is 1. The van der Waals surface area contributed by atoms with Crippen LogP contribution in [0.2, 0.25) is 0 Å². The summed E-state index contributed by atoms with van der Waals surface area (Å²) in [6.45, 7) is 0. The first kappa shape index (κ1) is 22.2. The summed E-state index contributed by atoms with van der Waals surface area (Å²) in [4.78, 5) is 14.5. The van der Waals surface area contributed by atoms with Crippen LogP contribution in [0.1, 0.15) is 22.3 Å². The van der Waals surface area contributed by atoms with E-state index in [1.807, 2.05) is 48.5 Å². The molecule has 38 heavy (non-hydrogen) atoms. The van der Waals surface area contributed by atoms with E-state index in [9.17, 15) is 4.79 Å². The molecule has 0 heterocycles. The van der Waals surface area contributed by atoms with Crippen LogP contribution >= 0.6 is 31.9 Å². The molecule has 0 unspecified atom stereocenters. The molecule has 1 nitrogen and oxygen atoms in total. The monoisotopic (exact) mass is 612 g/mol. The van der Waals surface area contributed by atoms with Crippen molar-refractivity contribution in [2.75, 3.05) is 0 Å². The third kappa shape index (κ3) is 2.89. The Kier molecular flexibility index (Phi) is 4.74. The Morgan fingerprint density at radius 1 is 0.421 bits per heavy atom. The molecule has 0 aliphatic heterocycles. The predicted molar refractivity (Wildman–Crippen MR) is 166 cm³/mol. The first-order valence-electron chi connectivity index (χ1n) is 12.5. The summed E-state index contributed by atoms with van der Waals surface area (Å²) < 4.78 is 1.84. The van der Waals surface area contributed by atoms with Crippen LogP contribution in [0.3, 0.4) is 0 Å². The summed E-state index contributed by atoms with van der Waals surface area (Å²) in [6, 6.07) is 37.9. The van der Waals surface area contributed by atoms with E-state index in [0.717, 1.165) is 53.5 Å². The van der Waals surface area contributed by atoms with Crippen LogP contribution in [0, 0.1) is 0 Å². The number of rotatable bonds is 2. The smallest absolute Gasteiger partial charge is 0.195 e. The van der Waals surface area contributed by atoms with Gasteiger partial charge in [0.05, 0.1) is 0 Å². The van der Waals surface area contributed by atoms with Crippen molar-refractivity contribution in [3.8, 4) is 0 Å². The van der Waals surface area contributed by atoms with Crippen molar-refractivity contribution in [1.82, 2.24) is 0 Å². The van der Waals surface area contributed by atoms with Crippen molar-refractivity contribution in [2.24, 2.45) is 0 Å². The standard InChI is InChI=1S/C35H18Br2O/c36-27-15-7-5-13-23(27)33-31-25-17-19-9-1-3-11-21(19)29-22-12-4-2-10-20(22)18-26(30(25)29)32(31)34(35(33)38)24-14-6-8-16-28(24)37/h1-18H. The minimum atomic E-state index is 0.0638. The lowest BCUT2D eigenvalue weighted by molar-refractivity contribution is -0.108. The van der Waals surface area contributed by atoms with Crippen molar-refractivity contribution < 1.29 is 4.79 Å². The van der Waals surface area contributed by atoms with Gasteiger partial charge in [0.25, 0.3) is 0 Å². The molecule has 2 aliphatic rings. The average Bonchev–Trinajstić information content (AvgIpc) is 3.40. The molecule has 0 atom stereocenters. The van der Waals surface area contributed by atoms with Crippen LogP contribution in [-0.2, 0) is 4.79 Å². The average molecular weight is 614 g/mol. The third-order valence-corrected chi connectivity index (χ3v) is 9.26. The van der Waals surface area contributed by atoms with Gasteiger partial charge in [0.2, 0.25) is 0 Å². The van der Waals surface area contributed by atoms with Crippen LogP contribution in [0.4, 0.5) is 0 Å². The van der Waals surface area contributed by atoms with Crippen LogP contribution in [-0.4, -0.2) is 5.78 Å². The number of ketones is 1. The molecular weight excluding hydrogens is 596 g/mol. The highest BCUT2D eigenvalue weighted by Crippen LogP contribution is 2.59. The van der Waals surface area contributed by atoms with E-state index in [1.165, 1.54) is 32.3 Å². The number of hydrogen-bond donors (Lipinski definition) is 0. The quantitative estimate of drug-likeness (QED) is 0.178. The molecule has 0 saturated carbocycles. The van der Waals surface area contributed by atoms with Crippen molar-refractivity contribution in [2.45, 2.75) is 0 Å². The van der Waals surface area contributed by atoms with Gasteiger partial charge in [0, 0.05) is 42.4 Å². The van der Waals surface area contributed by atoms with Gasteiger partial charge < -0.3 is 0 Å². The molecule has 0 saturated heterocycles. The second kappa shape index (κ2) is 8.10. The second-order valence-electron chi connectivity index (χ2n) is 9.83. The summed E-state index contributed by atoms with van der Waals surface area (Å²) in [5.41, 5.74) is 7.70. The van der Waals surface area contributed by atoms with E-state index in [4.69, 9.17) is 0 Å². The maximum absolute atomic E-state index is 14.5. The maximum atomic E-state index is 14.5. The Hall–Kier alpha value is -3.79. The summed E-state index contributed by atoms with van der Waals surface area (Å²) in [5.74, 6) is 0.0638. The third-order valence-electron chi connectivity index (χ3n) is 7.88. The van der Waals surface area contributed by atoms with Crippen LogP contribution in [0.15, 0.2) is 118 Å². The van der Waals surface area contributed by atoms with E-state index < -0.39 is 0 Å². The minimum absolute atomic E-state index is 0.0638. The van der Waals surface area contributed by atoms with Gasteiger partial charge in [0.1, 0.15) is 0 Å². The number of Topliss-reactive ketones (excluding diaryl/α,β-unsaturated/α-hetero) is 1. The Bertz CT molecular complexity index is 1970. The number of fused-ring (bicyclic) bond motifs is 7. The fraction of sp³-hybridized carbons (Fsp3) is 0. The van der Waals surface area contributed by atoms with Gasteiger partial charge in [0.15, 0.2) is 5.78 Å². The van der Waals surface area contributed by atoms with E-state index >= 15 is 0 Å². The molecule has 0 bridgehead atoms. The molecule has 0 spiro atoms. The Balaban J connectivity index is 1.64. The molecule has 6 aromatic carbocycles. The van der Waals surface area contributed by atoms with Crippen LogP contribution in [0.5, 0.6) is 0 Å². The fourth-order valence-corrected chi connectivity index (χ4v) is 7.33. The van der Waals surface area contributed by atoms with Crippen LogP contribution in [0.25, 0.3) is 54.6 Å². The highest BCUT2D eigenvalue weighted by molar-refractivity contribution is 9.10. The van der Waals surface area contributed by atoms with Crippen LogP contribution < -0.4 is 0 Å².